The van der Waals surface area contributed by atoms with Gasteiger partial charge in [0.15, 0.2) is 18.7 Å². The van der Waals surface area contributed by atoms with Crippen LogP contribution in [0.4, 0.5) is 0 Å². The molecular formula is C38H51NO18. The number of esters is 1. The van der Waals surface area contributed by atoms with Gasteiger partial charge in [0, 0.05) is 19.5 Å². The number of aliphatic hydroxyl groups is 8. The number of hydrogen-bond acceptors (Lipinski definition) is 18. The first-order valence-electron chi connectivity index (χ1n) is 18.3. The highest BCUT2D eigenvalue weighted by Gasteiger charge is 2.54. The molecule has 2 aromatic rings. The van der Waals surface area contributed by atoms with E-state index in [1.165, 1.54) is 27.0 Å². The van der Waals surface area contributed by atoms with Gasteiger partial charge in [-0.2, -0.15) is 0 Å². The summed E-state index contributed by atoms with van der Waals surface area (Å²) < 4.78 is 46.0. The summed E-state index contributed by atoms with van der Waals surface area (Å²) in [6, 6.07) is 13.5. The Kier molecular flexibility index (Phi) is 15.7. The Morgan fingerprint density at radius 2 is 1.30 bits per heavy atom. The third-order valence-corrected chi connectivity index (χ3v) is 9.74. The number of ether oxygens (including phenoxy) is 8. The maximum absolute atomic E-state index is 12.6. The number of carbonyl (C=O) groups is 2. The van der Waals surface area contributed by atoms with Crippen molar-refractivity contribution in [1.82, 2.24) is 5.32 Å². The molecule has 2 aromatic carbocycles. The average molecular weight is 810 g/mol. The predicted molar refractivity (Wildman–Crippen MR) is 193 cm³/mol. The maximum Gasteiger partial charge on any atom is 0.330 e. The molecule has 0 spiro atoms. The summed E-state index contributed by atoms with van der Waals surface area (Å²) in [7, 11) is 1.52. The van der Waals surface area contributed by atoms with Crippen molar-refractivity contribution in [3.63, 3.8) is 0 Å². The van der Waals surface area contributed by atoms with Gasteiger partial charge in [-0.3, -0.25) is 4.79 Å². The standard InChI is InChI=1S/C38H51NO18/c1-18-27(43)34(56-36-32(48)30(46)28(44)24(16-40)54-36)35(38(52-18)53-23-11-6-21(7-12-23)14-15-39-19(2)41)57-37-33(49)31(47)29(45)25(55-37)17-51-26(42)13-8-20-4-9-22(50-3)10-5-20/h4-13,18,24-25,27-38,40,43-49H,14-17H2,1-3H3,(H,39,41)/t18-,24+,25+,27-,28+,29+,30-,31-,32+,33+,34+,35+,36-,37-,38-/m0/s1. The summed E-state index contributed by atoms with van der Waals surface area (Å²) in [5.74, 6) is -0.138. The first-order valence-corrected chi connectivity index (χ1v) is 18.3. The Morgan fingerprint density at radius 1 is 0.719 bits per heavy atom. The quantitative estimate of drug-likeness (QED) is 0.0664. The predicted octanol–water partition coefficient (Wildman–Crippen LogP) is -2.51. The molecule has 316 valence electrons. The smallest absolute Gasteiger partial charge is 0.330 e. The second-order valence-corrected chi connectivity index (χ2v) is 13.8. The number of nitrogens with one attached hydrogen (secondary N) is 1. The highest BCUT2D eigenvalue weighted by molar-refractivity contribution is 5.87. The first-order chi connectivity index (χ1) is 27.2. The minimum Gasteiger partial charge on any atom is -0.497 e. The molecule has 19 heteroatoms. The highest BCUT2D eigenvalue weighted by atomic mass is 16.8. The number of methoxy groups -OCH3 is 1. The minimum atomic E-state index is -1.94. The lowest BCUT2D eigenvalue weighted by atomic mass is 9.96. The number of aliphatic hydroxyl groups excluding tert-OH is 8. The van der Waals surface area contributed by atoms with Gasteiger partial charge in [0.1, 0.15) is 79.1 Å². The fourth-order valence-electron chi connectivity index (χ4n) is 6.38. The average Bonchev–Trinajstić information content (AvgIpc) is 3.20. The second-order valence-electron chi connectivity index (χ2n) is 13.8. The molecule has 3 saturated heterocycles. The lowest BCUT2D eigenvalue weighted by molar-refractivity contribution is -0.382. The van der Waals surface area contributed by atoms with Gasteiger partial charge in [-0.1, -0.05) is 24.3 Å². The van der Waals surface area contributed by atoms with Crippen molar-refractivity contribution in [1.29, 1.82) is 0 Å². The van der Waals surface area contributed by atoms with Crippen LogP contribution in [0.1, 0.15) is 25.0 Å². The number of carbonyl (C=O) groups excluding carboxylic acids is 2. The summed E-state index contributed by atoms with van der Waals surface area (Å²) in [4.78, 5) is 23.8. The molecule has 0 saturated carbocycles. The fraction of sp³-hybridized carbons (Fsp3) is 0.579. The zero-order valence-electron chi connectivity index (χ0n) is 31.4. The Labute approximate surface area is 327 Å². The van der Waals surface area contributed by atoms with Crippen LogP contribution in [0.25, 0.3) is 6.08 Å². The van der Waals surface area contributed by atoms with E-state index in [1.807, 2.05) is 0 Å². The van der Waals surface area contributed by atoms with Crippen molar-refractivity contribution in [2.45, 2.75) is 112 Å². The van der Waals surface area contributed by atoms with E-state index >= 15 is 0 Å². The largest absolute Gasteiger partial charge is 0.497 e. The van der Waals surface area contributed by atoms with Gasteiger partial charge in [0.05, 0.1) is 19.8 Å². The molecule has 3 aliphatic rings. The second kappa shape index (κ2) is 20.3. The van der Waals surface area contributed by atoms with Crippen LogP contribution in [0.15, 0.2) is 54.6 Å². The van der Waals surface area contributed by atoms with Crippen molar-refractivity contribution in [2.24, 2.45) is 0 Å². The number of amides is 1. The summed E-state index contributed by atoms with van der Waals surface area (Å²) in [5.41, 5.74) is 1.52. The number of rotatable bonds is 15. The monoisotopic (exact) mass is 809 g/mol. The van der Waals surface area contributed by atoms with E-state index in [-0.39, 0.29) is 11.7 Å². The molecule has 15 atom stereocenters. The molecule has 3 aliphatic heterocycles. The molecule has 0 aromatic heterocycles. The maximum atomic E-state index is 12.6. The van der Waals surface area contributed by atoms with Gasteiger partial charge in [-0.25, -0.2) is 4.79 Å². The van der Waals surface area contributed by atoms with Crippen LogP contribution in [-0.2, 0) is 44.4 Å². The molecule has 3 heterocycles. The van der Waals surface area contributed by atoms with Crippen molar-refractivity contribution in [2.75, 3.05) is 26.9 Å². The van der Waals surface area contributed by atoms with Gasteiger partial charge in [-0.15, -0.1) is 0 Å². The SMILES string of the molecule is COc1ccc(C=CC(=O)OC[C@H]2O[C@@H](O[C@H]3[C@H](Oc4ccc(CCNC(C)=O)cc4)O[C@@H](C)[C@H](O)[C@H]3O[C@@H]3O[C@H](CO)[C@@H](O)[C@H](O)[C@H]3O)[C@H](O)[C@@H](O)[C@@H]2O)cc1. The molecule has 0 bridgehead atoms. The van der Waals surface area contributed by atoms with Crippen molar-refractivity contribution in [3.05, 3.63) is 65.7 Å². The van der Waals surface area contributed by atoms with Crippen LogP contribution in [-0.4, -0.2) is 172 Å². The van der Waals surface area contributed by atoms with E-state index in [9.17, 15) is 50.4 Å². The number of benzene rings is 2. The van der Waals surface area contributed by atoms with Gasteiger partial charge >= 0.3 is 5.97 Å². The van der Waals surface area contributed by atoms with Gasteiger partial charge in [0.2, 0.25) is 12.2 Å². The van der Waals surface area contributed by atoms with Crippen LogP contribution >= 0.6 is 0 Å². The van der Waals surface area contributed by atoms with E-state index in [0.29, 0.717) is 24.3 Å². The Bertz CT molecular complexity index is 1610. The summed E-state index contributed by atoms with van der Waals surface area (Å²) >= 11 is 0. The molecule has 0 unspecified atom stereocenters. The lowest BCUT2D eigenvalue weighted by Gasteiger charge is -2.48. The van der Waals surface area contributed by atoms with Crippen molar-refractivity contribution < 1.29 is 88.3 Å². The van der Waals surface area contributed by atoms with Crippen molar-refractivity contribution >= 4 is 18.0 Å². The molecule has 1 amide bonds. The first kappa shape index (κ1) is 44.3. The lowest BCUT2D eigenvalue weighted by Crippen LogP contribution is -2.67. The Balaban J connectivity index is 1.36. The molecule has 0 radical (unpaired) electrons. The van der Waals surface area contributed by atoms with Crippen molar-refractivity contribution in [3.8, 4) is 11.5 Å². The van der Waals surface area contributed by atoms with E-state index in [2.05, 4.69) is 5.32 Å². The van der Waals surface area contributed by atoms with Crippen LogP contribution < -0.4 is 14.8 Å². The zero-order valence-corrected chi connectivity index (χ0v) is 31.4. The van der Waals surface area contributed by atoms with Crippen LogP contribution in [0, 0.1) is 0 Å². The summed E-state index contributed by atoms with van der Waals surface area (Å²) in [5, 5.41) is 88.0. The Hall–Kier alpha value is -3.80. The van der Waals surface area contributed by atoms with E-state index in [1.54, 1.807) is 48.5 Å². The molecule has 57 heavy (non-hydrogen) atoms. The van der Waals surface area contributed by atoms with Crippen LogP contribution in [0.3, 0.4) is 0 Å². The third-order valence-electron chi connectivity index (χ3n) is 9.74. The third kappa shape index (κ3) is 11.2. The fourth-order valence-corrected chi connectivity index (χ4v) is 6.38. The molecule has 5 rings (SSSR count). The molecule has 0 aliphatic carbocycles. The van der Waals surface area contributed by atoms with E-state index in [4.69, 9.17) is 37.9 Å². The van der Waals surface area contributed by atoms with E-state index in [0.717, 1.165) is 11.6 Å². The molecule has 19 nitrogen and oxygen atoms in total. The van der Waals surface area contributed by atoms with Gasteiger partial charge in [0.25, 0.3) is 0 Å². The Morgan fingerprint density at radius 3 is 1.89 bits per heavy atom. The molecule has 9 N–H and O–H groups in total. The van der Waals surface area contributed by atoms with Gasteiger partial charge < -0.3 is 84.1 Å². The normalized spacial score (nSPS) is 35.7. The summed E-state index contributed by atoms with van der Waals surface area (Å²) in [6.07, 6.45) is -21.6. The number of hydrogen-bond donors (Lipinski definition) is 9. The van der Waals surface area contributed by atoms with Gasteiger partial charge in [-0.05, 0) is 54.8 Å². The molecular weight excluding hydrogens is 758 g/mol. The zero-order chi connectivity index (χ0) is 41.4. The highest BCUT2D eigenvalue weighted by Crippen LogP contribution is 2.34. The van der Waals surface area contributed by atoms with Crippen LogP contribution in [0.2, 0.25) is 0 Å². The molecule has 3 fully saturated rings. The minimum absolute atomic E-state index is 0.174. The topological polar surface area (TPSA) is 282 Å². The van der Waals surface area contributed by atoms with E-state index < -0.39 is 111 Å². The summed E-state index contributed by atoms with van der Waals surface area (Å²) in [6.45, 7) is 1.91. The van der Waals surface area contributed by atoms with Crippen LogP contribution in [0.5, 0.6) is 11.5 Å².